The van der Waals surface area contributed by atoms with E-state index in [4.69, 9.17) is 11.6 Å². The molecule has 0 atom stereocenters. The monoisotopic (exact) mass is 263 g/mol. The quantitative estimate of drug-likeness (QED) is 0.864. The van der Waals surface area contributed by atoms with Crippen LogP contribution in [0.15, 0.2) is 24.3 Å². The molecule has 2 heteroatoms. The van der Waals surface area contributed by atoms with E-state index in [-0.39, 0.29) is 0 Å². The molecule has 1 N–H and O–H groups in total. The van der Waals surface area contributed by atoms with Crippen LogP contribution in [0.2, 0.25) is 5.02 Å². The van der Waals surface area contributed by atoms with E-state index in [1.807, 2.05) is 6.07 Å². The third-order valence-corrected chi connectivity index (χ3v) is 5.28. The molecule has 1 spiro atoms. The first-order chi connectivity index (χ1) is 8.68. The summed E-state index contributed by atoms with van der Waals surface area (Å²) in [6, 6.07) is 8.49. The van der Waals surface area contributed by atoms with Crippen molar-refractivity contribution in [3.63, 3.8) is 0 Å². The van der Waals surface area contributed by atoms with Crippen molar-refractivity contribution in [2.75, 3.05) is 13.6 Å². The zero-order valence-electron chi connectivity index (χ0n) is 11.1. The van der Waals surface area contributed by atoms with Crippen LogP contribution in [0.1, 0.15) is 44.1 Å². The summed E-state index contributed by atoms with van der Waals surface area (Å²) in [5, 5.41) is 4.26. The summed E-state index contributed by atoms with van der Waals surface area (Å²) in [6.45, 7) is 1.08. The van der Waals surface area contributed by atoms with Gasteiger partial charge in [0.15, 0.2) is 0 Å². The van der Waals surface area contributed by atoms with Gasteiger partial charge < -0.3 is 5.32 Å². The Morgan fingerprint density at radius 2 is 1.94 bits per heavy atom. The Morgan fingerprint density at radius 1 is 1.22 bits per heavy atom. The first kappa shape index (κ1) is 12.5. The average Bonchev–Trinajstić information content (AvgIpc) is 2.77. The van der Waals surface area contributed by atoms with Gasteiger partial charge in [-0.2, -0.15) is 0 Å². The molecule has 0 saturated heterocycles. The average molecular weight is 264 g/mol. The van der Waals surface area contributed by atoms with E-state index in [2.05, 4.69) is 30.6 Å². The van der Waals surface area contributed by atoms with Crippen molar-refractivity contribution in [2.45, 2.75) is 43.9 Å². The highest BCUT2D eigenvalue weighted by molar-refractivity contribution is 6.30. The van der Waals surface area contributed by atoms with Crippen molar-refractivity contribution in [1.29, 1.82) is 0 Å². The van der Waals surface area contributed by atoms with Crippen LogP contribution in [0, 0.1) is 5.41 Å². The second-order valence-electron chi connectivity index (χ2n) is 6.38. The fourth-order valence-corrected chi connectivity index (χ4v) is 4.64. The minimum absolute atomic E-state index is 0.337. The molecular formula is C16H22ClN. The summed E-state index contributed by atoms with van der Waals surface area (Å²) in [7, 11) is 2.06. The van der Waals surface area contributed by atoms with Crippen molar-refractivity contribution >= 4 is 11.6 Å². The topological polar surface area (TPSA) is 12.0 Å². The second-order valence-corrected chi connectivity index (χ2v) is 6.82. The van der Waals surface area contributed by atoms with E-state index >= 15 is 0 Å². The summed E-state index contributed by atoms with van der Waals surface area (Å²) in [5.41, 5.74) is 2.44. The summed E-state index contributed by atoms with van der Waals surface area (Å²) >= 11 is 6.16. The summed E-state index contributed by atoms with van der Waals surface area (Å²) in [6.07, 6.45) is 8.46. The zero-order chi connectivity index (χ0) is 12.6. The van der Waals surface area contributed by atoms with E-state index in [0.717, 1.165) is 11.6 Å². The lowest BCUT2D eigenvalue weighted by Gasteiger charge is -2.56. The smallest absolute Gasteiger partial charge is 0.0408 e. The van der Waals surface area contributed by atoms with Gasteiger partial charge in [-0.3, -0.25) is 0 Å². The second kappa shape index (κ2) is 4.54. The highest BCUT2D eigenvalue weighted by atomic mass is 35.5. The van der Waals surface area contributed by atoms with Gasteiger partial charge in [0.05, 0.1) is 0 Å². The molecule has 3 rings (SSSR count). The molecule has 0 heterocycles. The summed E-state index contributed by atoms with van der Waals surface area (Å²) in [5.74, 6) is 0. The van der Waals surface area contributed by atoms with Gasteiger partial charge in [0.2, 0.25) is 0 Å². The minimum atomic E-state index is 0.337. The number of benzene rings is 1. The lowest BCUT2D eigenvalue weighted by Crippen LogP contribution is -2.53. The normalized spacial score (nSPS) is 24.1. The first-order valence-electron chi connectivity index (χ1n) is 7.09. The molecule has 18 heavy (non-hydrogen) atoms. The Bertz CT molecular complexity index is 426. The van der Waals surface area contributed by atoms with Crippen LogP contribution in [-0.2, 0) is 5.41 Å². The Morgan fingerprint density at radius 3 is 2.56 bits per heavy atom. The number of halogens is 1. The SMILES string of the molecule is CNCC1(c2cccc(Cl)c2)CC2(CCCC2)C1. The number of likely N-dealkylation sites (N-methyl/N-ethyl adjacent to an activating group) is 1. The number of nitrogens with one attached hydrogen (secondary N) is 1. The van der Waals surface area contributed by atoms with Crippen LogP contribution in [0.5, 0.6) is 0 Å². The molecule has 2 aliphatic carbocycles. The predicted octanol–water partition coefficient (Wildman–Crippen LogP) is 4.15. The number of hydrogen-bond donors (Lipinski definition) is 1. The van der Waals surface area contributed by atoms with Crippen molar-refractivity contribution < 1.29 is 0 Å². The largest absolute Gasteiger partial charge is 0.319 e. The Kier molecular flexibility index (Phi) is 3.15. The fourth-order valence-electron chi connectivity index (χ4n) is 4.45. The molecule has 0 aromatic heterocycles. The fraction of sp³-hybridized carbons (Fsp3) is 0.625. The molecule has 1 aromatic rings. The minimum Gasteiger partial charge on any atom is -0.319 e. The van der Waals surface area contributed by atoms with Crippen LogP contribution < -0.4 is 5.32 Å². The van der Waals surface area contributed by atoms with Crippen LogP contribution in [0.4, 0.5) is 0 Å². The maximum Gasteiger partial charge on any atom is 0.0408 e. The molecule has 0 bridgehead atoms. The van der Waals surface area contributed by atoms with Gasteiger partial charge >= 0.3 is 0 Å². The Labute approximate surface area is 115 Å². The van der Waals surface area contributed by atoms with Gasteiger partial charge in [-0.1, -0.05) is 36.6 Å². The van der Waals surface area contributed by atoms with Gasteiger partial charge in [-0.25, -0.2) is 0 Å². The molecular weight excluding hydrogens is 242 g/mol. The Balaban J connectivity index is 1.85. The number of rotatable bonds is 3. The molecule has 1 nitrogen and oxygen atoms in total. The molecule has 98 valence electrons. The number of hydrogen-bond acceptors (Lipinski definition) is 1. The highest BCUT2D eigenvalue weighted by Crippen LogP contribution is 2.62. The summed E-state index contributed by atoms with van der Waals surface area (Å²) in [4.78, 5) is 0. The lowest BCUT2D eigenvalue weighted by molar-refractivity contribution is 0.0282. The molecule has 2 fully saturated rings. The highest BCUT2D eigenvalue weighted by Gasteiger charge is 2.55. The molecule has 0 radical (unpaired) electrons. The third-order valence-electron chi connectivity index (χ3n) is 5.04. The van der Waals surface area contributed by atoms with Gasteiger partial charge in [0.1, 0.15) is 0 Å². The van der Waals surface area contributed by atoms with E-state index < -0.39 is 0 Å². The molecule has 1 aromatic carbocycles. The predicted molar refractivity (Wildman–Crippen MR) is 77.2 cm³/mol. The van der Waals surface area contributed by atoms with Crippen LogP contribution >= 0.6 is 11.6 Å². The van der Waals surface area contributed by atoms with Crippen LogP contribution in [0.3, 0.4) is 0 Å². The van der Waals surface area contributed by atoms with Gasteiger partial charge in [-0.05, 0) is 55.8 Å². The molecule has 0 aliphatic heterocycles. The van der Waals surface area contributed by atoms with Crippen LogP contribution in [0.25, 0.3) is 0 Å². The van der Waals surface area contributed by atoms with E-state index in [0.29, 0.717) is 10.8 Å². The molecule has 0 amide bonds. The standard InChI is InChI=1S/C16H22ClN/c1-18-12-16(13-5-4-6-14(17)9-13)10-15(11-16)7-2-3-8-15/h4-6,9,18H,2-3,7-8,10-12H2,1H3. The lowest BCUT2D eigenvalue weighted by atomic mass is 9.49. The van der Waals surface area contributed by atoms with Gasteiger partial charge in [0, 0.05) is 17.0 Å². The summed E-state index contributed by atoms with van der Waals surface area (Å²) < 4.78 is 0. The van der Waals surface area contributed by atoms with Gasteiger partial charge in [-0.15, -0.1) is 0 Å². The van der Waals surface area contributed by atoms with E-state index in [1.165, 1.54) is 44.1 Å². The first-order valence-corrected chi connectivity index (χ1v) is 7.47. The van der Waals surface area contributed by atoms with Crippen molar-refractivity contribution in [3.8, 4) is 0 Å². The van der Waals surface area contributed by atoms with E-state index in [1.54, 1.807) is 0 Å². The maximum atomic E-state index is 6.16. The Hall–Kier alpha value is -0.530. The van der Waals surface area contributed by atoms with Crippen molar-refractivity contribution in [2.24, 2.45) is 5.41 Å². The molecule has 0 unspecified atom stereocenters. The molecule has 2 aliphatic rings. The maximum absolute atomic E-state index is 6.16. The van der Waals surface area contributed by atoms with Gasteiger partial charge in [0.25, 0.3) is 0 Å². The zero-order valence-corrected chi connectivity index (χ0v) is 11.9. The van der Waals surface area contributed by atoms with E-state index in [9.17, 15) is 0 Å². The third kappa shape index (κ3) is 1.98. The molecule has 2 saturated carbocycles. The van der Waals surface area contributed by atoms with Crippen molar-refractivity contribution in [3.05, 3.63) is 34.9 Å². The van der Waals surface area contributed by atoms with Crippen LogP contribution in [-0.4, -0.2) is 13.6 Å². The van der Waals surface area contributed by atoms with Crippen molar-refractivity contribution in [1.82, 2.24) is 5.32 Å².